The Morgan fingerprint density at radius 3 is 2.05 bits per heavy atom. The van der Waals surface area contributed by atoms with Crippen molar-refractivity contribution in [3.8, 4) is 0 Å². The summed E-state index contributed by atoms with van der Waals surface area (Å²) < 4.78 is 31.9. The Labute approximate surface area is 112 Å². The van der Waals surface area contributed by atoms with Crippen molar-refractivity contribution < 1.29 is 23.4 Å². The van der Waals surface area contributed by atoms with E-state index in [1.165, 1.54) is 0 Å². The number of carboxylic acid groups (broad SMARTS) is 1. The average molecular weight is 276 g/mol. The second-order valence-electron chi connectivity index (χ2n) is 6.03. The molecule has 0 spiro atoms. The fourth-order valence-electron chi connectivity index (χ4n) is 3.71. The molecule has 0 aliphatic heterocycles. The second kappa shape index (κ2) is 5.35. The predicted octanol–water partition coefficient (Wildman–Crippen LogP) is 3.47. The van der Waals surface area contributed by atoms with Crippen molar-refractivity contribution in [1.82, 2.24) is 0 Å². The van der Waals surface area contributed by atoms with Crippen LogP contribution in [0.5, 0.6) is 0 Å². The van der Waals surface area contributed by atoms with E-state index in [2.05, 4.69) is 0 Å². The third-order valence-electron chi connectivity index (χ3n) is 5.09. The van der Waals surface area contributed by atoms with Crippen molar-refractivity contribution in [3.63, 3.8) is 0 Å². The topological polar surface area (TPSA) is 46.5 Å². The number of carbonyl (C=O) groups is 1. The Morgan fingerprint density at radius 1 is 1.11 bits per heavy atom. The summed E-state index contributed by atoms with van der Waals surface area (Å²) in [7, 11) is 1.67. The molecule has 2 rings (SSSR count). The zero-order valence-corrected chi connectivity index (χ0v) is 11.3. The van der Waals surface area contributed by atoms with Gasteiger partial charge in [-0.2, -0.15) is 0 Å². The lowest BCUT2D eigenvalue weighted by molar-refractivity contribution is -0.165. The number of alkyl halides is 2. The minimum Gasteiger partial charge on any atom is -0.481 e. The predicted molar refractivity (Wildman–Crippen MR) is 66.2 cm³/mol. The molecule has 0 bridgehead atoms. The Hall–Kier alpha value is -0.710. The largest absolute Gasteiger partial charge is 0.481 e. The minimum absolute atomic E-state index is 0.0208. The lowest BCUT2D eigenvalue weighted by atomic mass is 9.61. The summed E-state index contributed by atoms with van der Waals surface area (Å²) in [4.78, 5) is 11.7. The van der Waals surface area contributed by atoms with Crippen LogP contribution < -0.4 is 0 Å². The molecule has 110 valence electrons. The molecule has 2 saturated carbocycles. The summed E-state index contributed by atoms with van der Waals surface area (Å²) in [5, 5.41) is 9.56. The van der Waals surface area contributed by atoms with Crippen LogP contribution in [0.4, 0.5) is 8.78 Å². The van der Waals surface area contributed by atoms with Gasteiger partial charge in [-0.3, -0.25) is 4.79 Å². The van der Waals surface area contributed by atoms with Crippen LogP contribution in [0.25, 0.3) is 0 Å². The molecule has 2 aliphatic carbocycles. The summed E-state index contributed by atoms with van der Waals surface area (Å²) in [5.74, 6) is -3.54. The number of hydrogen-bond acceptors (Lipinski definition) is 2. The highest BCUT2D eigenvalue weighted by molar-refractivity contribution is 5.75. The van der Waals surface area contributed by atoms with Gasteiger partial charge >= 0.3 is 5.97 Å². The maximum Gasteiger partial charge on any atom is 0.309 e. The van der Waals surface area contributed by atoms with Gasteiger partial charge in [0.1, 0.15) is 0 Å². The Kier molecular flexibility index (Phi) is 4.14. The van der Waals surface area contributed by atoms with Crippen LogP contribution >= 0.6 is 0 Å². The SMILES string of the molecule is CO[C@H]1CC[C@H](C2(C(=O)O)CCC(F)(F)CC2)CC1. The highest BCUT2D eigenvalue weighted by Gasteiger charge is 2.52. The summed E-state index contributed by atoms with van der Waals surface area (Å²) in [6.07, 6.45) is 3.07. The molecule has 19 heavy (non-hydrogen) atoms. The first-order valence-electron chi connectivity index (χ1n) is 7.04. The lowest BCUT2D eigenvalue weighted by Crippen LogP contribution is -2.46. The quantitative estimate of drug-likeness (QED) is 0.858. The molecular weight excluding hydrogens is 254 g/mol. The maximum absolute atomic E-state index is 13.3. The van der Waals surface area contributed by atoms with E-state index in [-0.39, 0.29) is 37.7 Å². The molecular formula is C14H22F2O3. The molecule has 0 aromatic carbocycles. The number of ether oxygens (including phenoxy) is 1. The minimum atomic E-state index is -2.68. The van der Waals surface area contributed by atoms with Crippen LogP contribution in [-0.2, 0) is 9.53 Å². The van der Waals surface area contributed by atoms with Crippen molar-refractivity contribution in [1.29, 1.82) is 0 Å². The van der Waals surface area contributed by atoms with Crippen LogP contribution in [-0.4, -0.2) is 30.2 Å². The van der Waals surface area contributed by atoms with Crippen LogP contribution in [0.15, 0.2) is 0 Å². The summed E-state index contributed by atoms with van der Waals surface area (Å²) in [6, 6.07) is 0. The van der Waals surface area contributed by atoms with Crippen molar-refractivity contribution in [2.24, 2.45) is 11.3 Å². The van der Waals surface area contributed by atoms with E-state index in [0.717, 1.165) is 25.7 Å². The Balaban J connectivity index is 2.07. The molecule has 0 radical (unpaired) electrons. The van der Waals surface area contributed by atoms with E-state index < -0.39 is 17.3 Å². The lowest BCUT2D eigenvalue weighted by Gasteiger charge is -2.44. The van der Waals surface area contributed by atoms with E-state index in [4.69, 9.17) is 4.74 Å². The fourth-order valence-corrected chi connectivity index (χ4v) is 3.71. The van der Waals surface area contributed by atoms with Gasteiger partial charge in [0.05, 0.1) is 11.5 Å². The fraction of sp³-hybridized carbons (Fsp3) is 0.929. The molecule has 3 nitrogen and oxygen atoms in total. The number of hydrogen-bond donors (Lipinski definition) is 1. The zero-order chi connectivity index (χ0) is 14.1. The highest BCUT2D eigenvalue weighted by Crippen LogP contribution is 2.52. The molecule has 0 unspecified atom stereocenters. The highest BCUT2D eigenvalue weighted by atomic mass is 19.3. The van der Waals surface area contributed by atoms with E-state index in [0.29, 0.717) is 0 Å². The third-order valence-corrected chi connectivity index (χ3v) is 5.09. The van der Waals surface area contributed by atoms with Crippen molar-refractivity contribution >= 4 is 5.97 Å². The van der Waals surface area contributed by atoms with Gasteiger partial charge in [-0.05, 0) is 44.4 Å². The first kappa shape index (κ1) is 14.7. The van der Waals surface area contributed by atoms with Crippen molar-refractivity contribution in [2.45, 2.75) is 63.4 Å². The monoisotopic (exact) mass is 276 g/mol. The molecule has 0 amide bonds. The zero-order valence-electron chi connectivity index (χ0n) is 11.3. The molecule has 0 aromatic heterocycles. The molecule has 2 aliphatic rings. The first-order chi connectivity index (χ1) is 8.89. The van der Waals surface area contributed by atoms with E-state index in [9.17, 15) is 18.7 Å². The van der Waals surface area contributed by atoms with Gasteiger partial charge in [0.25, 0.3) is 0 Å². The first-order valence-corrected chi connectivity index (χ1v) is 7.04. The van der Waals surface area contributed by atoms with E-state index >= 15 is 0 Å². The molecule has 1 N–H and O–H groups in total. The smallest absolute Gasteiger partial charge is 0.309 e. The summed E-state index contributed by atoms with van der Waals surface area (Å²) in [5.41, 5.74) is -0.930. The van der Waals surface area contributed by atoms with Crippen LogP contribution in [0.2, 0.25) is 0 Å². The van der Waals surface area contributed by atoms with Gasteiger partial charge < -0.3 is 9.84 Å². The molecule has 2 fully saturated rings. The molecule has 0 saturated heterocycles. The van der Waals surface area contributed by atoms with Gasteiger partial charge in [-0.25, -0.2) is 8.78 Å². The number of halogens is 2. The van der Waals surface area contributed by atoms with Crippen LogP contribution in [0.1, 0.15) is 51.4 Å². The number of rotatable bonds is 3. The Morgan fingerprint density at radius 2 is 1.63 bits per heavy atom. The second-order valence-corrected chi connectivity index (χ2v) is 6.03. The van der Waals surface area contributed by atoms with E-state index in [1.54, 1.807) is 7.11 Å². The van der Waals surface area contributed by atoms with Gasteiger partial charge in [0.2, 0.25) is 5.92 Å². The molecule has 0 atom stereocenters. The van der Waals surface area contributed by atoms with E-state index in [1.807, 2.05) is 0 Å². The average Bonchev–Trinajstić information content (AvgIpc) is 2.39. The van der Waals surface area contributed by atoms with Gasteiger partial charge in [0, 0.05) is 20.0 Å². The third kappa shape index (κ3) is 2.91. The van der Waals surface area contributed by atoms with Gasteiger partial charge in [0.15, 0.2) is 0 Å². The summed E-state index contributed by atoms with van der Waals surface area (Å²) >= 11 is 0. The Bertz CT molecular complexity index is 326. The van der Waals surface area contributed by atoms with Crippen molar-refractivity contribution in [3.05, 3.63) is 0 Å². The standard InChI is InChI=1S/C14H22F2O3/c1-19-11-4-2-10(3-5-11)13(12(17)18)6-8-14(15,16)9-7-13/h10-11H,2-9H2,1H3,(H,17,18)/t10-,11-. The molecule has 5 heteroatoms. The van der Waals surface area contributed by atoms with Gasteiger partial charge in [-0.15, -0.1) is 0 Å². The van der Waals surface area contributed by atoms with Crippen molar-refractivity contribution in [2.75, 3.05) is 7.11 Å². The van der Waals surface area contributed by atoms with Crippen LogP contribution in [0, 0.1) is 11.3 Å². The number of aliphatic carboxylic acids is 1. The van der Waals surface area contributed by atoms with Gasteiger partial charge in [-0.1, -0.05) is 0 Å². The number of methoxy groups -OCH3 is 1. The maximum atomic E-state index is 13.3. The molecule has 0 heterocycles. The number of carboxylic acids is 1. The molecule has 0 aromatic rings. The normalized spacial score (nSPS) is 33.8. The van der Waals surface area contributed by atoms with Crippen LogP contribution in [0.3, 0.4) is 0 Å². The summed E-state index contributed by atoms with van der Waals surface area (Å²) in [6.45, 7) is 0.